The fraction of sp³-hybridized carbons (Fsp3) is 0.637. The first kappa shape index (κ1) is 104. The lowest BCUT2D eigenvalue weighted by Crippen LogP contribution is -2.41. The summed E-state index contributed by atoms with van der Waals surface area (Å²) in [6.45, 7) is -8.67. The minimum absolute atomic E-state index is 0.0154. The van der Waals surface area contributed by atoms with Crippen molar-refractivity contribution >= 4 is 29.8 Å². The molecule has 6 N–H and O–H groups in total. The van der Waals surface area contributed by atoms with E-state index in [0.717, 1.165) is 0 Å². The molecule has 14 unspecified atom stereocenters. The molecule has 0 saturated heterocycles. The van der Waals surface area contributed by atoms with Crippen LogP contribution in [0.25, 0.3) is 0 Å². The molecule has 674 valence electrons. The molecule has 0 aliphatic rings. The van der Waals surface area contributed by atoms with Crippen LogP contribution in [0.4, 0.5) is 0 Å². The van der Waals surface area contributed by atoms with Gasteiger partial charge in [0.15, 0.2) is 0 Å². The van der Waals surface area contributed by atoms with E-state index >= 15 is 0 Å². The van der Waals surface area contributed by atoms with Gasteiger partial charge in [0, 0.05) is 0 Å². The normalized spacial score (nSPS) is 15.4. The molecule has 4 rings (SSSR count). The van der Waals surface area contributed by atoms with E-state index in [1.54, 1.807) is 66.7 Å². The van der Waals surface area contributed by atoms with Crippen LogP contribution in [-0.2, 0) is 114 Å². The molecule has 0 fully saturated rings. The van der Waals surface area contributed by atoms with Crippen molar-refractivity contribution < 1.29 is 189 Å². The number of rotatable bonds is 78. The molecule has 0 aliphatic carbocycles. The summed E-state index contributed by atoms with van der Waals surface area (Å²) in [4.78, 5) is 57.8. The second kappa shape index (κ2) is 64.3. The van der Waals surface area contributed by atoms with Crippen LogP contribution in [0.3, 0.4) is 0 Å². The maximum absolute atomic E-state index is 11.7. The lowest BCUT2D eigenvalue weighted by atomic mass is 10.2. The first-order valence-electron chi connectivity index (χ1n) is 38.4. The molecule has 0 radical (unpaired) electrons. The van der Waals surface area contributed by atoms with E-state index in [1.165, 1.54) is 0 Å². The summed E-state index contributed by atoms with van der Waals surface area (Å²) in [5, 5.41) is 116. The van der Waals surface area contributed by atoms with E-state index in [2.05, 4.69) is 0 Å². The van der Waals surface area contributed by atoms with Crippen LogP contribution in [-0.4, -0.2) is 370 Å². The quantitative estimate of drug-likeness (QED) is 0.0240. The van der Waals surface area contributed by atoms with Gasteiger partial charge in [0.25, 0.3) is 0 Å². The third-order valence-electron chi connectivity index (χ3n) is 15.8. The molecule has 0 spiro atoms. The van der Waals surface area contributed by atoms with Gasteiger partial charge in [-0.05, 0) is 69.3 Å². The highest BCUT2D eigenvalue weighted by Crippen LogP contribution is 2.19. The van der Waals surface area contributed by atoms with Gasteiger partial charge in [0.2, 0.25) is 0 Å². The number of ether oxygens (including phenoxy) is 23. The predicted octanol–water partition coefficient (Wildman–Crippen LogP) is -5.72. The minimum atomic E-state index is -1.63. The molecule has 39 nitrogen and oxygen atoms in total. The van der Waals surface area contributed by atoms with Gasteiger partial charge in [0.05, 0.1) is 227 Å². The first-order chi connectivity index (χ1) is 57.4. The van der Waals surface area contributed by atoms with Gasteiger partial charge in [-0.15, -0.1) is 0 Å². The van der Waals surface area contributed by atoms with Crippen LogP contribution in [0.5, 0.6) is 23.0 Å². The Morgan fingerprint density at radius 3 is 0.613 bits per heavy atom. The lowest BCUT2D eigenvalue weighted by Gasteiger charge is -2.29. The SMILES string of the molecule is CC(C)(C)OCC(COc1ccccc1)OCC(COc1ccccc1)OCC(COc1ccccc1)OCC(COc1ccccc1)OCC(COCC(=O)[O-])OCC(COCC(=O)[O-])OCC(COCC(=O)[O-])OCC(COCC(=O)[O-])OCC(COCC(=O)[O-])OCC(CO)OCC(CO)OCC(CO)OCC(CO)OCC(O)CO. The number of benzene rings is 4. The number of aliphatic carboxylic acids is 5. The number of para-hydroxylation sites is 4. The van der Waals surface area contributed by atoms with Crippen LogP contribution >= 0.6 is 0 Å². The van der Waals surface area contributed by atoms with Gasteiger partial charge < -0.3 is 189 Å². The smallest absolute Gasteiger partial charge is 0.119 e. The molecule has 14 atom stereocenters. The second-order valence-corrected chi connectivity index (χ2v) is 27.3. The second-order valence-electron chi connectivity index (χ2n) is 27.3. The Labute approximate surface area is 690 Å². The largest absolute Gasteiger partial charge is 0.548 e. The molecule has 0 aromatic heterocycles. The van der Waals surface area contributed by atoms with E-state index in [4.69, 9.17) is 114 Å². The van der Waals surface area contributed by atoms with Crippen molar-refractivity contribution in [1.29, 1.82) is 0 Å². The summed E-state index contributed by atoms with van der Waals surface area (Å²) >= 11 is 0. The number of carbonyl (C=O) groups excluding carboxylic acids is 5. The summed E-state index contributed by atoms with van der Waals surface area (Å²) in [5.74, 6) is -5.85. The molecule has 4 aromatic rings. The standard InChI is InChI=1S/C80H120O39/c1-80(2,3)119-51-74(50-106-61-22-14-7-15-23-61)118-49-73(46-105-60-20-12-6-13-21-60)117-48-72(45-104-59-18-10-5-11-19-59)116-47-71(44-103-58-16-8-4-9-17-58)115-43-70(34-101-56-79(95)96)114-42-69(33-100-55-78(93)94)113-41-68(32-99-54-77(91)92)112-40-67(31-98-53-76(89)90)111-39-66(30-97-52-75(87)88)110-38-65(28-85)109-37-64(27-84)108-36-63(26-83)107-35-62(25-82)102-29-57(86)24-81/h4-23,57,62-74,81-86H,24-56H2,1-3H3,(H,87,88)(H,89,90)(H,91,92)(H,93,94)(H,95,96)/p-5. The number of carbonyl (C=O) groups is 5. The van der Waals surface area contributed by atoms with Crippen molar-refractivity contribution in [3.8, 4) is 23.0 Å². The van der Waals surface area contributed by atoms with Crippen LogP contribution in [0, 0.1) is 0 Å². The fourth-order valence-corrected chi connectivity index (χ4v) is 9.67. The van der Waals surface area contributed by atoms with Gasteiger partial charge in [0.1, 0.15) is 135 Å². The Balaban J connectivity index is 1.54. The fourth-order valence-electron chi connectivity index (χ4n) is 9.67. The molecule has 4 aromatic carbocycles. The Hall–Kier alpha value is -7.57. The Morgan fingerprint density at radius 1 is 0.252 bits per heavy atom. The van der Waals surface area contributed by atoms with E-state index in [1.807, 2.05) is 75.4 Å². The first-order valence-corrected chi connectivity index (χ1v) is 38.4. The summed E-state index contributed by atoms with van der Waals surface area (Å²) < 4.78 is 136. The predicted molar refractivity (Wildman–Crippen MR) is 401 cm³/mol. The van der Waals surface area contributed by atoms with Gasteiger partial charge in [-0.3, -0.25) is 0 Å². The van der Waals surface area contributed by atoms with Crippen LogP contribution < -0.4 is 44.5 Å². The van der Waals surface area contributed by atoms with Crippen molar-refractivity contribution in [2.24, 2.45) is 0 Å². The zero-order valence-electron chi connectivity index (χ0n) is 67.1. The van der Waals surface area contributed by atoms with Gasteiger partial charge in [-0.25, -0.2) is 0 Å². The third-order valence-corrected chi connectivity index (χ3v) is 15.8. The summed E-state index contributed by atoms with van der Waals surface area (Å²) in [7, 11) is 0. The van der Waals surface area contributed by atoms with Crippen molar-refractivity contribution in [3.05, 3.63) is 121 Å². The number of aliphatic hydroxyl groups excluding tert-OH is 6. The monoisotopic (exact) mass is 1700 g/mol. The average molecular weight is 1700 g/mol. The Bertz CT molecular complexity index is 3190. The molecule has 39 heteroatoms. The maximum Gasteiger partial charge on any atom is 0.119 e. The van der Waals surface area contributed by atoms with Crippen LogP contribution in [0.2, 0.25) is 0 Å². The van der Waals surface area contributed by atoms with Gasteiger partial charge in [-0.2, -0.15) is 0 Å². The number of carboxylic acid groups (broad SMARTS) is 5. The Morgan fingerprint density at radius 2 is 0.429 bits per heavy atom. The maximum atomic E-state index is 11.7. The van der Waals surface area contributed by atoms with Crippen molar-refractivity contribution in [2.45, 2.75) is 112 Å². The number of aliphatic hydroxyl groups is 6. The molecule has 0 aliphatic heterocycles. The summed E-state index contributed by atoms with van der Waals surface area (Å²) in [6, 6.07) is 36.1. The van der Waals surface area contributed by atoms with Crippen LogP contribution in [0.1, 0.15) is 20.8 Å². The highest BCUT2D eigenvalue weighted by molar-refractivity contribution is 5.66. The number of hydrogen-bond acceptors (Lipinski definition) is 39. The molecule has 0 amide bonds. The molecular weight excluding hydrogens is 1580 g/mol. The van der Waals surface area contributed by atoms with E-state index < -0.39 is 253 Å². The zero-order chi connectivity index (χ0) is 86.5. The molecular formula is C80H115O39-5. The molecule has 0 saturated carbocycles. The minimum Gasteiger partial charge on any atom is -0.548 e. The average Bonchev–Trinajstić information content (AvgIpc) is 0.910. The summed E-state index contributed by atoms with van der Waals surface area (Å²) in [5.41, 5.74) is -0.504. The number of carboxylic acids is 5. The van der Waals surface area contributed by atoms with E-state index in [0.29, 0.717) is 23.0 Å². The van der Waals surface area contributed by atoms with Crippen LogP contribution in [0.15, 0.2) is 121 Å². The zero-order valence-corrected chi connectivity index (χ0v) is 67.1. The van der Waals surface area contributed by atoms with Gasteiger partial charge >= 0.3 is 0 Å². The van der Waals surface area contributed by atoms with E-state index in [9.17, 15) is 75.0 Å². The number of hydrogen-bond donors (Lipinski definition) is 6. The highest BCUT2D eigenvalue weighted by Gasteiger charge is 2.28. The Kier molecular flexibility index (Phi) is 56.1. The van der Waals surface area contributed by atoms with Gasteiger partial charge in [-0.1, -0.05) is 72.8 Å². The lowest BCUT2D eigenvalue weighted by molar-refractivity contribution is -0.312. The molecule has 0 heterocycles. The van der Waals surface area contributed by atoms with Crippen molar-refractivity contribution in [2.75, 3.05) is 218 Å². The highest BCUT2D eigenvalue weighted by atomic mass is 16.7. The van der Waals surface area contributed by atoms with E-state index in [-0.39, 0.29) is 85.9 Å². The summed E-state index contributed by atoms with van der Waals surface area (Å²) in [6.07, 6.45) is -14.6. The van der Waals surface area contributed by atoms with Crippen molar-refractivity contribution in [1.82, 2.24) is 0 Å². The molecule has 0 bridgehead atoms. The third kappa shape index (κ3) is 53.7. The molecule has 119 heavy (non-hydrogen) atoms. The van der Waals surface area contributed by atoms with Crippen molar-refractivity contribution in [3.63, 3.8) is 0 Å². The topological polar surface area (TPSA) is 534 Å².